The lowest BCUT2D eigenvalue weighted by Gasteiger charge is -2.12. The van der Waals surface area contributed by atoms with Crippen molar-refractivity contribution in [2.24, 2.45) is 0 Å². The van der Waals surface area contributed by atoms with Crippen LogP contribution in [0.15, 0.2) is 54.9 Å². The van der Waals surface area contributed by atoms with Crippen molar-refractivity contribution in [1.29, 1.82) is 0 Å². The van der Waals surface area contributed by atoms with Gasteiger partial charge in [-0.2, -0.15) is 5.10 Å². The largest absolute Gasteiger partial charge is 0.486 e. The molecule has 1 aliphatic heterocycles. The Bertz CT molecular complexity index is 988. The Balaban J connectivity index is 1.65. The van der Waals surface area contributed by atoms with Crippen molar-refractivity contribution in [3.8, 4) is 17.1 Å². The maximum Gasteiger partial charge on any atom is 0.183 e. The van der Waals surface area contributed by atoms with Gasteiger partial charge in [-0.25, -0.2) is 18.1 Å². The SMILES string of the molecule is O=S1(=O)CC[C@H](n2nc(-c3cccnc3)nc2COc2ccccc2)C1. The highest BCUT2D eigenvalue weighted by molar-refractivity contribution is 7.91. The zero-order valence-electron chi connectivity index (χ0n) is 14.0. The van der Waals surface area contributed by atoms with Gasteiger partial charge in [0.2, 0.25) is 0 Å². The maximum atomic E-state index is 11.9. The smallest absolute Gasteiger partial charge is 0.183 e. The van der Waals surface area contributed by atoms with Gasteiger partial charge in [-0.15, -0.1) is 0 Å². The van der Waals surface area contributed by atoms with E-state index in [2.05, 4.69) is 15.1 Å². The first-order chi connectivity index (χ1) is 12.6. The first-order valence-electron chi connectivity index (χ1n) is 8.35. The molecule has 0 N–H and O–H groups in total. The predicted octanol–water partition coefficient (Wildman–Crippen LogP) is 2.28. The number of pyridine rings is 1. The molecule has 7 nitrogen and oxygen atoms in total. The van der Waals surface area contributed by atoms with Gasteiger partial charge in [0.1, 0.15) is 12.4 Å². The van der Waals surface area contributed by atoms with E-state index in [1.807, 2.05) is 42.5 Å². The number of hydrogen-bond acceptors (Lipinski definition) is 6. The summed E-state index contributed by atoms with van der Waals surface area (Å²) in [5.74, 6) is 2.12. The van der Waals surface area contributed by atoms with Crippen molar-refractivity contribution in [2.75, 3.05) is 11.5 Å². The van der Waals surface area contributed by atoms with E-state index in [0.717, 1.165) is 11.3 Å². The van der Waals surface area contributed by atoms with E-state index in [-0.39, 0.29) is 24.2 Å². The van der Waals surface area contributed by atoms with Crippen LogP contribution >= 0.6 is 0 Å². The second-order valence-corrected chi connectivity index (χ2v) is 8.43. The summed E-state index contributed by atoms with van der Waals surface area (Å²) in [5.41, 5.74) is 0.785. The molecule has 1 saturated heterocycles. The molecular formula is C18H18N4O3S. The van der Waals surface area contributed by atoms with E-state index in [1.54, 1.807) is 17.1 Å². The number of para-hydroxylation sites is 1. The van der Waals surface area contributed by atoms with Crippen LogP contribution in [0.25, 0.3) is 11.4 Å². The molecule has 0 bridgehead atoms. The fraction of sp³-hybridized carbons (Fsp3) is 0.278. The Labute approximate surface area is 151 Å². The molecule has 0 radical (unpaired) electrons. The molecule has 0 spiro atoms. The number of hydrogen-bond donors (Lipinski definition) is 0. The van der Waals surface area contributed by atoms with Gasteiger partial charge in [0.25, 0.3) is 0 Å². The van der Waals surface area contributed by atoms with Gasteiger partial charge in [-0.1, -0.05) is 18.2 Å². The standard InChI is InChI=1S/C18H18N4O3S/c23-26(24)10-8-15(13-26)22-17(12-25-16-6-2-1-3-7-16)20-18(21-22)14-5-4-9-19-11-14/h1-7,9,11,15H,8,10,12-13H2/t15-/m0/s1. The van der Waals surface area contributed by atoms with Crippen molar-refractivity contribution >= 4 is 9.84 Å². The fourth-order valence-corrected chi connectivity index (χ4v) is 4.69. The third-order valence-electron chi connectivity index (χ3n) is 4.29. The van der Waals surface area contributed by atoms with Gasteiger partial charge in [0, 0.05) is 18.0 Å². The van der Waals surface area contributed by atoms with Crippen molar-refractivity contribution in [1.82, 2.24) is 19.7 Å². The molecule has 1 atom stereocenters. The molecule has 1 fully saturated rings. The van der Waals surface area contributed by atoms with Crippen LogP contribution in [0.3, 0.4) is 0 Å². The zero-order valence-corrected chi connectivity index (χ0v) is 14.8. The van der Waals surface area contributed by atoms with E-state index in [4.69, 9.17) is 4.74 Å². The first kappa shape index (κ1) is 16.7. The number of aromatic nitrogens is 4. The topological polar surface area (TPSA) is 87.0 Å². The molecule has 134 valence electrons. The lowest BCUT2D eigenvalue weighted by molar-refractivity contribution is 0.281. The van der Waals surface area contributed by atoms with E-state index in [9.17, 15) is 8.42 Å². The van der Waals surface area contributed by atoms with Gasteiger partial charge in [0.05, 0.1) is 17.5 Å². The summed E-state index contributed by atoms with van der Waals surface area (Å²) in [6, 6.07) is 12.9. The quantitative estimate of drug-likeness (QED) is 0.685. The molecule has 26 heavy (non-hydrogen) atoms. The molecule has 0 saturated carbocycles. The van der Waals surface area contributed by atoms with Crippen molar-refractivity contribution in [2.45, 2.75) is 19.1 Å². The molecule has 8 heteroatoms. The van der Waals surface area contributed by atoms with E-state index < -0.39 is 9.84 Å². The van der Waals surface area contributed by atoms with Crippen LogP contribution in [0.2, 0.25) is 0 Å². The summed E-state index contributed by atoms with van der Waals surface area (Å²) in [7, 11) is -3.02. The Kier molecular flexibility index (Phi) is 4.42. The monoisotopic (exact) mass is 370 g/mol. The number of nitrogens with zero attached hydrogens (tertiary/aromatic N) is 4. The normalized spacial score (nSPS) is 18.7. The van der Waals surface area contributed by atoms with Crippen LogP contribution in [0.5, 0.6) is 5.75 Å². The molecule has 0 unspecified atom stereocenters. The van der Waals surface area contributed by atoms with Crippen molar-refractivity contribution in [3.63, 3.8) is 0 Å². The van der Waals surface area contributed by atoms with Crippen LogP contribution in [0.4, 0.5) is 0 Å². The minimum Gasteiger partial charge on any atom is -0.486 e. The summed E-state index contributed by atoms with van der Waals surface area (Å²) in [5, 5.41) is 4.56. The fourth-order valence-electron chi connectivity index (χ4n) is 3.00. The molecule has 1 aromatic carbocycles. The number of ether oxygens (including phenoxy) is 1. The van der Waals surface area contributed by atoms with Gasteiger partial charge in [-0.3, -0.25) is 4.98 Å². The Morgan fingerprint density at radius 2 is 2.00 bits per heavy atom. The summed E-state index contributed by atoms with van der Waals surface area (Å²) in [6.07, 6.45) is 3.91. The summed E-state index contributed by atoms with van der Waals surface area (Å²) < 4.78 is 31.3. The predicted molar refractivity (Wildman–Crippen MR) is 96.3 cm³/mol. The van der Waals surface area contributed by atoms with Crippen molar-refractivity contribution < 1.29 is 13.2 Å². The highest BCUT2D eigenvalue weighted by Gasteiger charge is 2.32. The van der Waals surface area contributed by atoms with E-state index >= 15 is 0 Å². The van der Waals surface area contributed by atoms with Gasteiger partial charge in [0.15, 0.2) is 21.5 Å². The average molecular weight is 370 g/mol. The maximum absolute atomic E-state index is 11.9. The Hall–Kier alpha value is -2.74. The molecule has 0 amide bonds. The summed E-state index contributed by atoms with van der Waals surface area (Å²) in [6.45, 7) is 0.216. The molecular weight excluding hydrogens is 352 g/mol. The Morgan fingerprint density at radius 3 is 2.69 bits per heavy atom. The Morgan fingerprint density at radius 1 is 1.15 bits per heavy atom. The summed E-state index contributed by atoms with van der Waals surface area (Å²) >= 11 is 0. The lowest BCUT2D eigenvalue weighted by atomic mass is 10.3. The average Bonchev–Trinajstić information content (AvgIpc) is 3.24. The minimum atomic E-state index is -3.02. The van der Waals surface area contributed by atoms with E-state index in [0.29, 0.717) is 18.1 Å². The minimum absolute atomic E-state index is 0.0845. The first-order valence-corrected chi connectivity index (χ1v) is 10.2. The van der Waals surface area contributed by atoms with E-state index in [1.165, 1.54) is 0 Å². The zero-order chi connectivity index (χ0) is 18.0. The number of benzene rings is 1. The van der Waals surface area contributed by atoms with Crippen LogP contribution in [0, 0.1) is 0 Å². The van der Waals surface area contributed by atoms with Crippen LogP contribution in [-0.4, -0.2) is 39.7 Å². The highest BCUT2D eigenvalue weighted by Crippen LogP contribution is 2.26. The number of sulfone groups is 1. The molecule has 3 aromatic rings. The van der Waals surface area contributed by atoms with Crippen LogP contribution < -0.4 is 4.74 Å². The summed E-state index contributed by atoms with van der Waals surface area (Å²) in [4.78, 5) is 8.68. The van der Waals surface area contributed by atoms with Gasteiger partial charge in [-0.05, 0) is 30.7 Å². The lowest BCUT2D eigenvalue weighted by Crippen LogP contribution is -2.16. The second kappa shape index (κ2) is 6.87. The van der Waals surface area contributed by atoms with Crippen LogP contribution in [0.1, 0.15) is 18.3 Å². The highest BCUT2D eigenvalue weighted by atomic mass is 32.2. The van der Waals surface area contributed by atoms with Crippen LogP contribution in [-0.2, 0) is 16.4 Å². The molecule has 2 aromatic heterocycles. The third-order valence-corrected chi connectivity index (χ3v) is 6.04. The molecule has 1 aliphatic rings. The molecule has 4 rings (SSSR count). The van der Waals surface area contributed by atoms with Gasteiger partial charge >= 0.3 is 0 Å². The molecule has 3 heterocycles. The third kappa shape index (κ3) is 3.60. The second-order valence-electron chi connectivity index (χ2n) is 6.20. The molecule has 0 aliphatic carbocycles. The number of rotatable bonds is 5. The van der Waals surface area contributed by atoms with Crippen molar-refractivity contribution in [3.05, 3.63) is 60.7 Å². The van der Waals surface area contributed by atoms with Gasteiger partial charge < -0.3 is 4.74 Å².